The van der Waals surface area contributed by atoms with Crippen LogP contribution in [-0.4, -0.2) is 42.0 Å². The van der Waals surface area contributed by atoms with Crippen molar-refractivity contribution >= 4 is 11.6 Å². The minimum atomic E-state index is -1.16. The van der Waals surface area contributed by atoms with E-state index in [1.165, 1.54) is 5.56 Å². The third kappa shape index (κ3) is 4.28. The highest BCUT2D eigenvalue weighted by molar-refractivity contribution is 5.96. The molecule has 10 rings (SSSR count). The minimum Gasteiger partial charge on any atom is -0.497 e. The number of alkyl halides is 1. The highest BCUT2D eigenvalue weighted by Gasteiger charge is 2.60. The molecule has 1 atom stereocenters. The van der Waals surface area contributed by atoms with Crippen molar-refractivity contribution in [2.24, 2.45) is 17.3 Å². The molecule has 7 aliphatic rings. The Morgan fingerprint density at radius 3 is 2.49 bits per heavy atom. The van der Waals surface area contributed by atoms with Crippen molar-refractivity contribution in [2.75, 3.05) is 25.2 Å². The first-order valence-corrected chi connectivity index (χ1v) is 15.1. The van der Waals surface area contributed by atoms with Gasteiger partial charge in [0.2, 0.25) is 5.91 Å². The molecule has 5 aliphatic carbocycles. The van der Waals surface area contributed by atoms with Crippen LogP contribution in [0.5, 0.6) is 5.75 Å². The maximum atomic E-state index is 14.9. The first kappa shape index (κ1) is 25.5. The van der Waals surface area contributed by atoms with E-state index in [4.69, 9.17) is 14.0 Å². The molecule has 0 N–H and O–H groups in total. The lowest BCUT2D eigenvalue weighted by Crippen LogP contribution is -2.55. The molecule has 214 valence electrons. The number of carbonyl (C=O) groups excluding carboxylic acids is 1. The number of aromatic nitrogens is 2. The molecule has 0 radical (unpaired) electrons. The molecule has 2 saturated heterocycles. The zero-order valence-corrected chi connectivity index (χ0v) is 23.5. The molecule has 1 aromatic heterocycles. The van der Waals surface area contributed by atoms with E-state index in [2.05, 4.69) is 22.3 Å². The molecule has 7 nitrogen and oxygen atoms in total. The standard InChI is InChI=1S/C33H36FN3O4/c1-39-26-9-7-24(8-10-26)33-13-11-31(12-14-33,20-40-33)19-37(30(38)27-18-32(34)16-23(27)17-32)25-4-2-3-22(15-25)29-35-28(36-41-29)21-5-6-21/h2-4,7-10,15,21,23,27H,5-6,11-14,16-20H2,1H3. The fourth-order valence-electron chi connectivity index (χ4n) is 7.91. The van der Waals surface area contributed by atoms with Crippen LogP contribution in [0.15, 0.2) is 53.1 Å². The highest BCUT2D eigenvalue weighted by atomic mass is 19.1. The van der Waals surface area contributed by atoms with Gasteiger partial charge in [-0.1, -0.05) is 23.4 Å². The maximum Gasteiger partial charge on any atom is 0.258 e. The molecule has 0 spiro atoms. The van der Waals surface area contributed by atoms with E-state index >= 15 is 0 Å². The summed E-state index contributed by atoms with van der Waals surface area (Å²) in [6.45, 7) is 1.16. The Bertz CT molecular complexity index is 1450. The summed E-state index contributed by atoms with van der Waals surface area (Å²) in [4.78, 5) is 20.8. The van der Waals surface area contributed by atoms with Crippen LogP contribution in [0.3, 0.4) is 0 Å². The molecule has 2 aromatic carbocycles. The van der Waals surface area contributed by atoms with E-state index in [1.807, 2.05) is 41.3 Å². The van der Waals surface area contributed by atoms with Crippen LogP contribution in [0.25, 0.3) is 11.5 Å². The fourth-order valence-corrected chi connectivity index (χ4v) is 7.91. The summed E-state index contributed by atoms with van der Waals surface area (Å²) in [5.41, 5.74) is 1.22. The Hall–Kier alpha value is -3.26. The van der Waals surface area contributed by atoms with Crippen LogP contribution in [0.2, 0.25) is 0 Å². The molecule has 41 heavy (non-hydrogen) atoms. The number of ether oxygens (including phenoxy) is 2. The predicted molar refractivity (Wildman–Crippen MR) is 150 cm³/mol. The molecule has 3 heterocycles. The number of methoxy groups -OCH3 is 1. The number of anilines is 1. The van der Waals surface area contributed by atoms with Gasteiger partial charge in [-0.3, -0.25) is 4.79 Å². The van der Waals surface area contributed by atoms with E-state index in [0.717, 1.165) is 61.3 Å². The molecule has 1 amide bonds. The van der Waals surface area contributed by atoms with Gasteiger partial charge in [-0.05, 0) is 99.6 Å². The number of nitrogens with zero attached hydrogens (tertiary/aromatic N) is 3. The zero-order chi connectivity index (χ0) is 27.8. The predicted octanol–water partition coefficient (Wildman–Crippen LogP) is 6.58. The number of rotatable bonds is 8. The third-order valence-electron chi connectivity index (χ3n) is 10.7. The van der Waals surface area contributed by atoms with Crippen molar-refractivity contribution in [2.45, 2.75) is 75.0 Å². The Morgan fingerprint density at radius 2 is 1.85 bits per heavy atom. The van der Waals surface area contributed by atoms with Crippen molar-refractivity contribution in [3.05, 3.63) is 59.9 Å². The summed E-state index contributed by atoms with van der Waals surface area (Å²) in [5, 5.41) is 4.18. The number of amides is 1. The maximum absolute atomic E-state index is 14.9. The van der Waals surface area contributed by atoms with Crippen LogP contribution >= 0.6 is 0 Å². The summed E-state index contributed by atoms with van der Waals surface area (Å²) < 4.78 is 32.6. The monoisotopic (exact) mass is 557 g/mol. The Labute approximate surface area is 239 Å². The average Bonchev–Trinajstić information content (AvgIpc) is 3.49. The molecule has 4 bridgehead atoms. The number of halogens is 1. The van der Waals surface area contributed by atoms with Gasteiger partial charge in [-0.15, -0.1) is 0 Å². The van der Waals surface area contributed by atoms with Crippen molar-refractivity contribution in [3.63, 3.8) is 0 Å². The molecule has 2 aliphatic heterocycles. The van der Waals surface area contributed by atoms with Gasteiger partial charge in [-0.25, -0.2) is 4.39 Å². The van der Waals surface area contributed by atoms with Gasteiger partial charge in [0.15, 0.2) is 5.82 Å². The van der Waals surface area contributed by atoms with Crippen LogP contribution in [-0.2, 0) is 15.1 Å². The first-order chi connectivity index (χ1) is 19.9. The van der Waals surface area contributed by atoms with Crippen molar-refractivity contribution in [1.29, 1.82) is 0 Å². The SMILES string of the molecule is COc1ccc(C23CCC(CN(C(=O)C4CC5(F)CC4C5)c4cccc(-c5nc(C6CC6)no5)c4)(CC2)CO3)cc1. The van der Waals surface area contributed by atoms with E-state index in [0.29, 0.717) is 44.2 Å². The molecule has 7 fully saturated rings. The second kappa shape index (κ2) is 9.12. The summed E-state index contributed by atoms with van der Waals surface area (Å²) in [5.74, 6) is 2.40. The first-order valence-electron chi connectivity index (χ1n) is 15.1. The van der Waals surface area contributed by atoms with Gasteiger partial charge < -0.3 is 18.9 Å². The highest BCUT2D eigenvalue weighted by Crippen LogP contribution is 2.59. The van der Waals surface area contributed by atoms with Gasteiger partial charge >= 0.3 is 0 Å². The van der Waals surface area contributed by atoms with Crippen LogP contribution < -0.4 is 9.64 Å². The number of hydrogen-bond donors (Lipinski definition) is 0. The van der Waals surface area contributed by atoms with Crippen LogP contribution in [0.4, 0.5) is 10.1 Å². The number of fused-ring (bicyclic) bond motifs is 4. The van der Waals surface area contributed by atoms with Gasteiger partial charge in [0.1, 0.15) is 11.4 Å². The summed E-state index contributed by atoms with van der Waals surface area (Å²) >= 11 is 0. The van der Waals surface area contributed by atoms with Gasteiger partial charge in [0, 0.05) is 35.0 Å². The second-order valence-electron chi connectivity index (χ2n) is 13.3. The van der Waals surface area contributed by atoms with Crippen molar-refractivity contribution < 1.29 is 23.2 Å². The lowest BCUT2D eigenvalue weighted by molar-refractivity contribution is -0.186. The summed E-state index contributed by atoms with van der Waals surface area (Å²) in [6, 6.07) is 16.1. The lowest BCUT2D eigenvalue weighted by atomic mass is 9.64. The fraction of sp³-hybridized carbons (Fsp3) is 0.545. The van der Waals surface area contributed by atoms with Gasteiger partial charge in [0.05, 0.1) is 19.3 Å². The Kier molecular flexibility index (Phi) is 5.66. The Morgan fingerprint density at radius 1 is 1.07 bits per heavy atom. The van der Waals surface area contributed by atoms with Crippen molar-refractivity contribution in [1.82, 2.24) is 10.1 Å². The molecular formula is C33H36FN3O4. The van der Waals surface area contributed by atoms with Crippen molar-refractivity contribution in [3.8, 4) is 17.2 Å². The summed E-state index contributed by atoms with van der Waals surface area (Å²) in [6.07, 6.45) is 7.33. The third-order valence-corrected chi connectivity index (χ3v) is 10.7. The van der Waals surface area contributed by atoms with E-state index in [9.17, 15) is 9.18 Å². The number of hydrogen-bond acceptors (Lipinski definition) is 6. The zero-order valence-electron chi connectivity index (χ0n) is 23.5. The minimum absolute atomic E-state index is 0.0420. The van der Waals surface area contributed by atoms with E-state index in [-0.39, 0.29) is 28.8 Å². The largest absolute Gasteiger partial charge is 0.497 e. The molecule has 3 aromatic rings. The lowest BCUT2D eigenvalue weighted by Gasteiger charge is -2.54. The topological polar surface area (TPSA) is 77.7 Å². The number of benzene rings is 2. The normalized spacial score (nSPS) is 33.4. The smallest absolute Gasteiger partial charge is 0.258 e. The van der Waals surface area contributed by atoms with Gasteiger partial charge in [-0.2, -0.15) is 4.98 Å². The summed E-state index contributed by atoms with van der Waals surface area (Å²) in [7, 11) is 1.68. The van der Waals surface area contributed by atoms with E-state index in [1.54, 1.807) is 7.11 Å². The molecular weight excluding hydrogens is 521 g/mol. The Balaban J connectivity index is 1.07. The number of carbonyl (C=O) groups is 1. The van der Waals surface area contributed by atoms with E-state index < -0.39 is 5.67 Å². The van der Waals surface area contributed by atoms with Crippen LogP contribution in [0.1, 0.15) is 75.1 Å². The van der Waals surface area contributed by atoms with Gasteiger partial charge in [0.25, 0.3) is 5.89 Å². The molecule has 8 heteroatoms. The average molecular weight is 558 g/mol. The van der Waals surface area contributed by atoms with Crippen LogP contribution in [0, 0.1) is 17.3 Å². The quantitative estimate of drug-likeness (QED) is 0.311. The molecule has 5 saturated carbocycles. The second-order valence-corrected chi connectivity index (χ2v) is 13.3. The molecule has 1 unspecified atom stereocenters.